The minimum Gasteiger partial charge on any atom is -0.504 e. The molecule has 0 aromatic heterocycles. The third kappa shape index (κ3) is 11.9. The molecule has 7 aliphatic heterocycles. The molecule has 0 amide bonds. The Balaban J connectivity index is 0.896. The normalized spacial score (nSPS) is 21.4. The van der Waals surface area contributed by atoms with E-state index in [1.807, 2.05) is 0 Å². The molecule has 42 heteroatoms. The first-order valence-electron chi connectivity index (χ1n) is 33.4. The highest BCUT2D eigenvalue weighted by Gasteiger charge is 2.57. The molecule has 7 heterocycles. The number of rotatable bonds is 5. The molecule has 1 fully saturated rings. The van der Waals surface area contributed by atoms with Gasteiger partial charge in [0.15, 0.2) is 130 Å². The molecular formula is C75H50O42. The van der Waals surface area contributed by atoms with Crippen LogP contribution in [-0.4, -0.2) is 234 Å². The first kappa shape index (κ1) is 76.3. The van der Waals surface area contributed by atoms with Crippen molar-refractivity contribution in [3.05, 3.63) is 141 Å². The van der Waals surface area contributed by atoms with Gasteiger partial charge in [-0.25, -0.2) is 43.2 Å². The molecule has 0 saturated carbocycles. The standard InChI is InChI=1S/C75H50O42/c76-27-9-21-35(49(87)43(27)81)37-23(11-29(78)45(83)51(37)89)70(101)112-60(63-62-56(94)42-41(74(105)114-62)40(54(92)57(95)55(42)93)39-24(71(102)115-63)12-30(79)46(84)52(39)90)33(15-107-66(21)97)110-73(104)26-13-31(80)47(85)58(96)59(26)109-32-14-25-38(53(91)48(32)86)36-22(10-28(77)44(82)50(36)88)67(98)108-16-34-61(113-72(25)103)64-65(75(106)111-34)117-69(100)20-8-4-2-6-18(20)17-5-1-3-7-19(17)68(99)116-64/h1-14,33-34,56,60-65,75-96,106H,15-16H2/t33-,34+,56-,60-,61+,62-,63+,64-,65+,75?/m0/s1. The van der Waals surface area contributed by atoms with E-state index in [1.165, 1.54) is 48.5 Å². The average molecular weight is 1620 g/mol. The number of carbonyl (C=O) groups excluding carboxylic acids is 9. The van der Waals surface area contributed by atoms with E-state index < -0.39 is 333 Å². The van der Waals surface area contributed by atoms with Gasteiger partial charge < -0.3 is 164 Å². The maximum Gasteiger partial charge on any atom is 0.342 e. The number of phenolic OH excluding ortho intramolecular Hbond substituents is 20. The van der Waals surface area contributed by atoms with Gasteiger partial charge in [0, 0.05) is 51.1 Å². The Morgan fingerprint density at radius 2 is 0.675 bits per heavy atom. The Hall–Kier alpha value is -16.1. The van der Waals surface area contributed by atoms with Gasteiger partial charge in [0.1, 0.15) is 31.0 Å². The van der Waals surface area contributed by atoms with Crippen molar-refractivity contribution in [2.24, 2.45) is 0 Å². The van der Waals surface area contributed by atoms with E-state index in [0.29, 0.717) is 6.07 Å². The number of carbonyl (C=O) groups is 9. The van der Waals surface area contributed by atoms with Crippen LogP contribution in [0.5, 0.6) is 126 Å². The predicted molar refractivity (Wildman–Crippen MR) is 368 cm³/mol. The van der Waals surface area contributed by atoms with Gasteiger partial charge in [0.05, 0.1) is 44.5 Å². The van der Waals surface area contributed by atoms with Gasteiger partial charge in [-0.15, -0.1) is 0 Å². The summed E-state index contributed by atoms with van der Waals surface area (Å²) in [6.07, 6.45) is -26.6. The van der Waals surface area contributed by atoms with Crippen LogP contribution < -0.4 is 4.74 Å². The monoisotopic (exact) mass is 1620 g/mol. The Morgan fingerprint density at radius 1 is 0.316 bits per heavy atom. The lowest BCUT2D eigenvalue weighted by Crippen LogP contribution is -2.62. The van der Waals surface area contributed by atoms with Crippen molar-refractivity contribution in [1.82, 2.24) is 0 Å². The Morgan fingerprint density at radius 3 is 1.16 bits per heavy atom. The zero-order chi connectivity index (χ0) is 84.2. The highest BCUT2D eigenvalue weighted by atomic mass is 16.7. The lowest BCUT2D eigenvalue weighted by Gasteiger charge is -2.43. The van der Waals surface area contributed by atoms with Gasteiger partial charge in [-0.1, -0.05) is 36.4 Å². The average Bonchev–Trinajstić information content (AvgIpc) is 1.38. The summed E-state index contributed by atoms with van der Waals surface area (Å²) in [6, 6.07) is 12.6. The Bertz CT molecular complexity index is 5980. The molecule has 602 valence electrons. The third-order valence-electron chi connectivity index (χ3n) is 19.7. The summed E-state index contributed by atoms with van der Waals surface area (Å²) in [7, 11) is 0. The second-order valence-corrected chi connectivity index (χ2v) is 26.3. The molecule has 16 rings (SSSR count). The second-order valence-electron chi connectivity index (χ2n) is 26.3. The summed E-state index contributed by atoms with van der Waals surface area (Å²) in [5, 5.41) is 250. The van der Waals surface area contributed by atoms with Crippen LogP contribution in [0.25, 0.3) is 44.5 Å². The second kappa shape index (κ2) is 27.7. The van der Waals surface area contributed by atoms with Crippen LogP contribution in [0.3, 0.4) is 0 Å². The van der Waals surface area contributed by atoms with Crippen LogP contribution in [0.4, 0.5) is 0 Å². The number of cyclic esters (lactones) is 3. The minimum absolute atomic E-state index is 0.0639. The maximum atomic E-state index is 15.6. The SMILES string of the molecule is O=C1O[C@H]2[C@@H]3OC(=O)c4cc(Oc5c(C(=O)O[C@H]6COC(=O)c7cc(O)c(O)c(O)c7-c7c(cc(O)c(O)c7O)C(=O)O[C@@H]6[C@H]6OC(=O)c7cc(O)c(O)c(O)c7-c7c(O)c(O)c(O)c8c7C(=O)O[C@H]6[C@H]8O)cc(O)c(O)c5O)c(O)c(O)c4-c4c(cc(O)c(O)c4O)C(=O)OC[C@H]3OC(O)[C@@H]2OC(=O)c2ccccc2-c2ccccc21. The van der Waals surface area contributed by atoms with Crippen molar-refractivity contribution in [2.45, 2.75) is 61.2 Å². The van der Waals surface area contributed by atoms with Crippen LogP contribution in [-0.2, 0) is 47.4 Å². The number of aliphatic hydroxyl groups is 2. The molecule has 1 unspecified atom stereocenters. The fourth-order valence-electron chi connectivity index (χ4n) is 14.2. The van der Waals surface area contributed by atoms with E-state index in [4.69, 9.17) is 52.1 Å². The first-order chi connectivity index (χ1) is 55.4. The molecule has 9 aromatic carbocycles. The van der Waals surface area contributed by atoms with Gasteiger partial charge >= 0.3 is 53.7 Å². The van der Waals surface area contributed by atoms with Crippen molar-refractivity contribution in [3.63, 3.8) is 0 Å². The molecular weight excluding hydrogens is 1570 g/mol. The van der Waals surface area contributed by atoms with Crippen LogP contribution in [0.1, 0.15) is 105 Å². The maximum absolute atomic E-state index is 15.6. The Labute approximate surface area is 645 Å². The van der Waals surface area contributed by atoms with E-state index in [-0.39, 0.29) is 52.6 Å². The molecule has 7 aliphatic rings. The fourth-order valence-corrected chi connectivity index (χ4v) is 14.2. The highest BCUT2D eigenvalue weighted by Crippen LogP contribution is 2.61. The molecule has 0 radical (unpaired) electrons. The molecule has 4 bridgehead atoms. The van der Waals surface area contributed by atoms with Crippen molar-refractivity contribution in [1.29, 1.82) is 0 Å². The van der Waals surface area contributed by atoms with Gasteiger partial charge in [-0.2, -0.15) is 0 Å². The fraction of sp³-hybridized carbons (Fsp3) is 0.160. The summed E-state index contributed by atoms with van der Waals surface area (Å²) in [5.41, 5.74) is -18.8. The number of benzene rings is 9. The topological polar surface area (TPSA) is 700 Å². The molecule has 22 N–H and O–H groups in total. The molecule has 10 atom stereocenters. The smallest absolute Gasteiger partial charge is 0.342 e. The molecule has 0 spiro atoms. The van der Waals surface area contributed by atoms with Crippen LogP contribution in [0.15, 0.2) is 84.9 Å². The van der Waals surface area contributed by atoms with Gasteiger partial charge in [-0.3, -0.25) is 0 Å². The molecule has 0 aliphatic carbocycles. The summed E-state index contributed by atoms with van der Waals surface area (Å²) >= 11 is 0. The lowest BCUT2D eigenvalue weighted by molar-refractivity contribution is -0.284. The summed E-state index contributed by atoms with van der Waals surface area (Å²) < 4.78 is 63.1. The number of fused-ring (bicyclic) bond motifs is 15. The van der Waals surface area contributed by atoms with E-state index in [1.54, 1.807) is 0 Å². The van der Waals surface area contributed by atoms with Crippen molar-refractivity contribution < 1.29 is 208 Å². The van der Waals surface area contributed by atoms with Crippen molar-refractivity contribution in [2.75, 3.05) is 13.2 Å². The van der Waals surface area contributed by atoms with Gasteiger partial charge in [0.25, 0.3) is 0 Å². The van der Waals surface area contributed by atoms with Crippen LogP contribution >= 0.6 is 0 Å². The summed E-state index contributed by atoms with van der Waals surface area (Å²) in [6.45, 7) is -3.08. The molecule has 1 saturated heterocycles. The number of aliphatic hydroxyl groups excluding tert-OH is 2. The zero-order valence-corrected chi connectivity index (χ0v) is 57.8. The van der Waals surface area contributed by atoms with Gasteiger partial charge in [-0.05, 0) is 47.5 Å². The number of phenols is 20. The minimum atomic E-state index is -3.21. The van der Waals surface area contributed by atoms with Crippen LogP contribution in [0, 0.1) is 0 Å². The van der Waals surface area contributed by atoms with Crippen molar-refractivity contribution in [3.8, 4) is 171 Å². The number of hydrogen-bond acceptors (Lipinski definition) is 42. The number of esters is 9. The van der Waals surface area contributed by atoms with E-state index >= 15 is 19.2 Å². The highest BCUT2D eigenvalue weighted by molar-refractivity contribution is 6.13. The first-order valence-corrected chi connectivity index (χ1v) is 33.4. The Kier molecular flexibility index (Phi) is 18.0. The van der Waals surface area contributed by atoms with Gasteiger partial charge in [0.2, 0.25) is 46.0 Å². The number of aromatic hydroxyl groups is 20. The lowest BCUT2D eigenvalue weighted by atomic mass is 9.82. The quantitative estimate of drug-likeness (QED) is 0.0653. The van der Waals surface area contributed by atoms with Crippen molar-refractivity contribution >= 4 is 53.7 Å². The van der Waals surface area contributed by atoms with Crippen LogP contribution in [0.2, 0.25) is 0 Å². The largest absolute Gasteiger partial charge is 0.504 e. The van der Waals surface area contributed by atoms with E-state index in [9.17, 15) is 136 Å². The number of ether oxygens (including phenoxy) is 11. The third-order valence-corrected chi connectivity index (χ3v) is 19.7. The number of hydrogen-bond donors (Lipinski definition) is 22. The van der Waals surface area contributed by atoms with E-state index in [0.717, 1.165) is 0 Å². The molecule has 42 nitrogen and oxygen atoms in total. The van der Waals surface area contributed by atoms with E-state index in [2.05, 4.69) is 0 Å². The summed E-state index contributed by atoms with van der Waals surface area (Å²) in [5.74, 6) is -52.2. The predicted octanol–water partition coefficient (Wildman–Crippen LogP) is 4.17. The summed E-state index contributed by atoms with van der Waals surface area (Å²) in [4.78, 5) is 134. The zero-order valence-electron chi connectivity index (χ0n) is 57.8. The molecule has 117 heavy (non-hydrogen) atoms. The molecule has 9 aromatic rings.